The van der Waals surface area contributed by atoms with Crippen molar-refractivity contribution in [3.63, 3.8) is 0 Å². The van der Waals surface area contributed by atoms with E-state index >= 15 is 0 Å². The summed E-state index contributed by atoms with van der Waals surface area (Å²) in [4.78, 5) is 18.0. The molecule has 1 rings (SSSR count). The average molecular weight is 396 g/mol. The second kappa shape index (κ2) is 10.9. The van der Waals surface area contributed by atoms with Gasteiger partial charge in [0.2, 0.25) is 0 Å². The molecule has 1 unspecified atom stereocenters. The second-order valence-corrected chi connectivity index (χ2v) is 7.82. The topological polar surface area (TPSA) is 92.0 Å². The lowest BCUT2D eigenvalue weighted by Gasteiger charge is -2.28. The van der Waals surface area contributed by atoms with Gasteiger partial charge < -0.3 is 24.8 Å². The molecule has 8 heteroatoms. The van der Waals surface area contributed by atoms with Crippen LogP contribution in [0, 0.1) is 0 Å². The Morgan fingerprint density at radius 1 is 1.29 bits per heavy atom. The van der Waals surface area contributed by atoms with Crippen molar-refractivity contribution < 1.29 is 14.1 Å². The summed E-state index contributed by atoms with van der Waals surface area (Å²) in [6, 6.07) is 0.0388. The van der Waals surface area contributed by atoms with E-state index in [0.717, 1.165) is 36.3 Å². The number of aliphatic imine (C=N–C) groups is 1. The largest absolute Gasteiger partial charge is 0.444 e. The molecule has 0 aromatic carbocycles. The molecule has 0 saturated heterocycles. The highest BCUT2D eigenvalue weighted by Crippen LogP contribution is 2.15. The summed E-state index contributed by atoms with van der Waals surface area (Å²) in [5, 5.41) is 10.7. The summed E-state index contributed by atoms with van der Waals surface area (Å²) in [6.45, 7) is 13.0. The first-order valence-electron chi connectivity index (χ1n) is 9.99. The van der Waals surface area contributed by atoms with Crippen LogP contribution in [0.25, 0.3) is 0 Å². The second-order valence-electron chi connectivity index (χ2n) is 7.82. The van der Waals surface area contributed by atoms with E-state index in [1.54, 1.807) is 19.0 Å². The Hall–Kier alpha value is -2.25. The number of hydrogen-bond acceptors (Lipinski definition) is 5. The van der Waals surface area contributed by atoms with Crippen LogP contribution in [0.5, 0.6) is 0 Å². The minimum atomic E-state index is -0.494. The molecule has 1 aromatic rings. The Balaban J connectivity index is 2.48. The number of nitrogens with zero attached hydrogens (tertiary/aromatic N) is 3. The number of carbonyl (C=O) groups excluding carboxylic acids is 1. The third-order valence-electron chi connectivity index (χ3n) is 4.46. The Labute approximate surface area is 169 Å². The van der Waals surface area contributed by atoms with Crippen molar-refractivity contribution in [1.29, 1.82) is 0 Å². The number of aromatic nitrogens is 1. The maximum atomic E-state index is 12.1. The summed E-state index contributed by atoms with van der Waals surface area (Å²) < 4.78 is 10.8. The van der Waals surface area contributed by atoms with Gasteiger partial charge in [0.15, 0.2) is 5.96 Å². The molecule has 0 fully saturated rings. The monoisotopic (exact) mass is 395 g/mol. The predicted octanol–water partition coefficient (Wildman–Crippen LogP) is 3.11. The standard InChI is InChI=1S/C20H37N5O3/c1-9-16-15(17(10-2)28-24-16)13-23-18(21-7)22-12-11-14(3)25(8)19(26)27-20(4,5)6/h14H,9-13H2,1-8H3,(H2,21,22,23). The number of carbonyl (C=O) groups is 1. The summed E-state index contributed by atoms with van der Waals surface area (Å²) in [7, 11) is 3.50. The quantitative estimate of drug-likeness (QED) is 0.519. The Morgan fingerprint density at radius 3 is 2.50 bits per heavy atom. The molecule has 160 valence electrons. The molecule has 0 aliphatic heterocycles. The molecule has 0 spiro atoms. The van der Waals surface area contributed by atoms with Crippen LogP contribution in [-0.2, 0) is 24.1 Å². The van der Waals surface area contributed by atoms with Gasteiger partial charge in [-0.15, -0.1) is 0 Å². The first kappa shape index (κ1) is 23.8. The Bertz CT molecular complexity index is 627. The third kappa shape index (κ3) is 7.40. The lowest BCUT2D eigenvalue weighted by Crippen LogP contribution is -2.42. The molecule has 1 atom stereocenters. The first-order chi connectivity index (χ1) is 13.1. The molecule has 1 aromatic heterocycles. The molecule has 0 aliphatic rings. The number of ether oxygens (including phenoxy) is 1. The number of aryl methyl sites for hydroxylation is 2. The fourth-order valence-corrected chi connectivity index (χ4v) is 2.64. The number of nitrogens with one attached hydrogen (secondary N) is 2. The Morgan fingerprint density at radius 2 is 1.96 bits per heavy atom. The Kier molecular flexibility index (Phi) is 9.28. The molecule has 28 heavy (non-hydrogen) atoms. The van der Waals surface area contributed by atoms with E-state index in [2.05, 4.69) is 34.6 Å². The van der Waals surface area contributed by atoms with Crippen molar-refractivity contribution in [2.45, 2.75) is 79.0 Å². The molecule has 0 saturated carbocycles. The minimum absolute atomic E-state index is 0.0388. The molecule has 0 aliphatic carbocycles. The van der Waals surface area contributed by atoms with Crippen LogP contribution in [0.3, 0.4) is 0 Å². The maximum Gasteiger partial charge on any atom is 0.410 e. The summed E-state index contributed by atoms with van der Waals surface area (Å²) >= 11 is 0. The lowest BCUT2D eigenvalue weighted by molar-refractivity contribution is 0.0230. The van der Waals surface area contributed by atoms with Crippen LogP contribution in [0.15, 0.2) is 9.52 Å². The zero-order valence-electron chi connectivity index (χ0n) is 18.7. The van der Waals surface area contributed by atoms with Gasteiger partial charge in [0, 0.05) is 45.2 Å². The third-order valence-corrected chi connectivity index (χ3v) is 4.46. The highest BCUT2D eigenvalue weighted by atomic mass is 16.6. The van der Waals surface area contributed by atoms with Gasteiger partial charge in [0.05, 0.1) is 5.69 Å². The molecule has 0 bridgehead atoms. The fourth-order valence-electron chi connectivity index (χ4n) is 2.64. The van der Waals surface area contributed by atoms with Crippen molar-refractivity contribution in [3.8, 4) is 0 Å². The smallest absolute Gasteiger partial charge is 0.410 e. The van der Waals surface area contributed by atoms with E-state index in [1.165, 1.54) is 0 Å². The maximum absolute atomic E-state index is 12.1. The van der Waals surface area contributed by atoms with E-state index in [4.69, 9.17) is 9.26 Å². The van der Waals surface area contributed by atoms with Crippen LogP contribution in [-0.4, -0.2) is 54.4 Å². The molecule has 0 radical (unpaired) electrons. The van der Waals surface area contributed by atoms with Gasteiger partial charge in [-0.05, 0) is 40.5 Å². The van der Waals surface area contributed by atoms with Gasteiger partial charge in [-0.3, -0.25) is 4.99 Å². The van der Waals surface area contributed by atoms with Crippen LogP contribution < -0.4 is 10.6 Å². The molecule has 8 nitrogen and oxygen atoms in total. The van der Waals surface area contributed by atoms with Crippen LogP contribution in [0.1, 0.15) is 65.0 Å². The van der Waals surface area contributed by atoms with Crippen LogP contribution in [0.2, 0.25) is 0 Å². The van der Waals surface area contributed by atoms with E-state index < -0.39 is 5.60 Å². The van der Waals surface area contributed by atoms with Crippen molar-refractivity contribution in [2.24, 2.45) is 4.99 Å². The molecule has 1 heterocycles. The van der Waals surface area contributed by atoms with Gasteiger partial charge in [-0.2, -0.15) is 0 Å². The molecular formula is C20H37N5O3. The molecule has 1 amide bonds. The zero-order valence-corrected chi connectivity index (χ0v) is 18.7. The summed E-state index contributed by atoms with van der Waals surface area (Å²) in [5.41, 5.74) is 1.59. The van der Waals surface area contributed by atoms with E-state index in [1.807, 2.05) is 27.7 Å². The van der Waals surface area contributed by atoms with E-state index in [-0.39, 0.29) is 12.1 Å². The highest BCUT2D eigenvalue weighted by molar-refractivity contribution is 5.79. The SMILES string of the molecule is CCc1noc(CC)c1CNC(=NC)NCCC(C)N(C)C(=O)OC(C)(C)C. The van der Waals surface area contributed by atoms with Crippen molar-refractivity contribution in [2.75, 3.05) is 20.6 Å². The van der Waals surface area contributed by atoms with E-state index in [0.29, 0.717) is 19.0 Å². The van der Waals surface area contributed by atoms with Gasteiger partial charge in [0.1, 0.15) is 11.4 Å². The lowest BCUT2D eigenvalue weighted by atomic mass is 10.1. The number of rotatable bonds is 8. The summed E-state index contributed by atoms with van der Waals surface area (Å²) in [5.74, 6) is 1.62. The first-order valence-corrected chi connectivity index (χ1v) is 9.99. The number of amides is 1. The highest BCUT2D eigenvalue weighted by Gasteiger charge is 2.22. The fraction of sp³-hybridized carbons (Fsp3) is 0.750. The van der Waals surface area contributed by atoms with Gasteiger partial charge >= 0.3 is 6.09 Å². The van der Waals surface area contributed by atoms with Crippen molar-refractivity contribution in [1.82, 2.24) is 20.7 Å². The minimum Gasteiger partial charge on any atom is -0.444 e. The normalized spacial score (nSPS) is 13.2. The summed E-state index contributed by atoms with van der Waals surface area (Å²) in [6.07, 6.45) is 2.10. The van der Waals surface area contributed by atoms with Crippen LogP contribution >= 0.6 is 0 Å². The van der Waals surface area contributed by atoms with Crippen molar-refractivity contribution in [3.05, 3.63) is 17.0 Å². The van der Waals surface area contributed by atoms with Crippen LogP contribution in [0.4, 0.5) is 4.79 Å². The predicted molar refractivity (Wildman–Crippen MR) is 112 cm³/mol. The average Bonchev–Trinajstić information content (AvgIpc) is 3.04. The molecule has 2 N–H and O–H groups in total. The number of hydrogen-bond donors (Lipinski definition) is 2. The number of guanidine groups is 1. The van der Waals surface area contributed by atoms with E-state index in [9.17, 15) is 4.79 Å². The molecular weight excluding hydrogens is 358 g/mol. The van der Waals surface area contributed by atoms with Gasteiger partial charge in [-0.25, -0.2) is 4.79 Å². The van der Waals surface area contributed by atoms with Crippen molar-refractivity contribution >= 4 is 12.1 Å². The zero-order chi connectivity index (χ0) is 21.3. The van der Waals surface area contributed by atoms with Gasteiger partial charge in [-0.1, -0.05) is 19.0 Å². The van der Waals surface area contributed by atoms with Gasteiger partial charge in [0.25, 0.3) is 0 Å².